The quantitative estimate of drug-likeness (QED) is 0.883. The molecule has 0 aromatic heterocycles. The number of aryl methyl sites for hydroxylation is 1. The van der Waals surface area contributed by atoms with E-state index < -0.39 is 0 Å². The Bertz CT molecular complexity index is 354. The maximum absolute atomic E-state index is 6.29. The van der Waals surface area contributed by atoms with Crippen molar-refractivity contribution in [2.75, 3.05) is 19.6 Å². The second kappa shape index (κ2) is 6.91. The number of nitrogens with two attached hydrogens (primary N) is 1. The summed E-state index contributed by atoms with van der Waals surface area (Å²) in [6.07, 6.45) is 6.60. The van der Waals surface area contributed by atoms with Crippen LogP contribution in [0.15, 0.2) is 24.3 Å². The molecular weight excluding hydrogens is 220 g/mol. The van der Waals surface area contributed by atoms with Gasteiger partial charge in [-0.25, -0.2) is 0 Å². The van der Waals surface area contributed by atoms with E-state index in [4.69, 9.17) is 5.73 Å². The van der Waals surface area contributed by atoms with E-state index in [0.717, 1.165) is 13.0 Å². The first-order valence-electron chi connectivity index (χ1n) is 7.30. The number of nitrogens with zero attached hydrogens (tertiary/aromatic N) is 1. The summed E-state index contributed by atoms with van der Waals surface area (Å²) in [5.41, 5.74) is 8.88. The Labute approximate surface area is 111 Å². The first-order valence-corrected chi connectivity index (χ1v) is 7.30. The van der Waals surface area contributed by atoms with E-state index in [1.165, 1.54) is 49.9 Å². The monoisotopic (exact) mass is 246 g/mol. The second-order valence-corrected chi connectivity index (χ2v) is 5.57. The largest absolute Gasteiger partial charge is 0.324 e. The van der Waals surface area contributed by atoms with Crippen LogP contribution in [0.25, 0.3) is 0 Å². The average Bonchev–Trinajstić information content (AvgIpc) is 2.64. The maximum atomic E-state index is 6.29. The third-order valence-corrected chi connectivity index (χ3v) is 3.93. The molecule has 0 aliphatic carbocycles. The summed E-state index contributed by atoms with van der Waals surface area (Å²) in [4.78, 5) is 2.59. The molecule has 0 radical (unpaired) electrons. The molecule has 1 fully saturated rings. The molecule has 1 saturated heterocycles. The lowest BCUT2D eigenvalue weighted by molar-refractivity contribution is 0.273. The van der Waals surface area contributed by atoms with Crippen LogP contribution < -0.4 is 5.73 Å². The predicted octanol–water partition coefficient (Wildman–Crippen LogP) is 3.26. The van der Waals surface area contributed by atoms with Gasteiger partial charge in [-0.2, -0.15) is 0 Å². The minimum absolute atomic E-state index is 0.188. The third kappa shape index (κ3) is 4.11. The molecule has 1 heterocycles. The topological polar surface area (TPSA) is 29.3 Å². The smallest absolute Gasteiger partial charge is 0.0307 e. The van der Waals surface area contributed by atoms with Gasteiger partial charge in [0, 0.05) is 6.04 Å². The molecule has 100 valence electrons. The summed E-state index contributed by atoms with van der Waals surface area (Å²) in [5, 5.41) is 0. The highest BCUT2D eigenvalue weighted by molar-refractivity contribution is 5.24. The predicted molar refractivity (Wildman–Crippen MR) is 77.6 cm³/mol. The summed E-state index contributed by atoms with van der Waals surface area (Å²) in [5.74, 6) is 0. The molecule has 2 N–H and O–H groups in total. The molecule has 1 atom stereocenters. The Hall–Kier alpha value is -0.860. The molecule has 1 aromatic carbocycles. The molecule has 2 heteroatoms. The minimum Gasteiger partial charge on any atom is -0.324 e. The first-order chi connectivity index (χ1) is 8.75. The van der Waals surface area contributed by atoms with Gasteiger partial charge in [0.1, 0.15) is 0 Å². The Balaban J connectivity index is 1.82. The van der Waals surface area contributed by atoms with Crippen molar-refractivity contribution in [3.05, 3.63) is 35.4 Å². The van der Waals surface area contributed by atoms with Gasteiger partial charge >= 0.3 is 0 Å². The van der Waals surface area contributed by atoms with E-state index in [-0.39, 0.29) is 6.04 Å². The molecule has 0 saturated carbocycles. The van der Waals surface area contributed by atoms with E-state index in [1.807, 2.05) is 0 Å². The lowest BCUT2D eigenvalue weighted by Gasteiger charge is -2.22. The van der Waals surface area contributed by atoms with Crippen LogP contribution in [0.4, 0.5) is 0 Å². The van der Waals surface area contributed by atoms with Crippen molar-refractivity contribution in [2.45, 2.75) is 45.1 Å². The van der Waals surface area contributed by atoms with E-state index >= 15 is 0 Å². The van der Waals surface area contributed by atoms with Gasteiger partial charge in [0.05, 0.1) is 0 Å². The molecule has 1 aliphatic rings. The Kier molecular flexibility index (Phi) is 5.21. The lowest BCUT2D eigenvalue weighted by Crippen LogP contribution is -2.28. The van der Waals surface area contributed by atoms with Gasteiger partial charge in [-0.05, 0) is 51.4 Å². The molecule has 2 rings (SSSR count). The van der Waals surface area contributed by atoms with Crippen molar-refractivity contribution >= 4 is 0 Å². The zero-order valence-electron chi connectivity index (χ0n) is 11.6. The lowest BCUT2D eigenvalue weighted by atomic mass is 10.0. The highest BCUT2D eigenvalue weighted by Gasteiger charge is 2.11. The summed E-state index contributed by atoms with van der Waals surface area (Å²) < 4.78 is 0. The number of hydrogen-bond donors (Lipinski definition) is 1. The van der Waals surface area contributed by atoms with Crippen LogP contribution in [0.5, 0.6) is 0 Å². The van der Waals surface area contributed by atoms with Crippen molar-refractivity contribution in [3.8, 4) is 0 Å². The molecule has 2 nitrogen and oxygen atoms in total. The number of benzene rings is 1. The Morgan fingerprint density at radius 1 is 1.17 bits per heavy atom. The van der Waals surface area contributed by atoms with Crippen LogP contribution in [0.3, 0.4) is 0 Å². The minimum atomic E-state index is 0.188. The highest BCUT2D eigenvalue weighted by atomic mass is 15.1. The van der Waals surface area contributed by atoms with Crippen LogP contribution >= 0.6 is 0 Å². The number of likely N-dealkylation sites (tertiary alicyclic amines) is 1. The SMILES string of the molecule is Cc1cccc(C(N)CCN2CCCCCC2)c1. The first kappa shape index (κ1) is 13.6. The molecular formula is C16H26N2. The molecule has 0 spiro atoms. The molecule has 1 aliphatic heterocycles. The van der Waals surface area contributed by atoms with Gasteiger partial charge in [-0.1, -0.05) is 42.7 Å². The fraction of sp³-hybridized carbons (Fsp3) is 0.625. The van der Waals surface area contributed by atoms with E-state index in [2.05, 4.69) is 36.1 Å². The Morgan fingerprint density at radius 2 is 1.89 bits per heavy atom. The highest BCUT2D eigenvalue weighted by Crippen LogP contribution is 2.17. The van der Waals surface area contributed by atoms with Crippen molar-refractivity contribution in [1.29, 1.82) is 0 Å². The van der Waals surface area contributed by atoms with Gasteiger partial charge in [0.2, 0.25) is 0 Å². The van der Waals surface area contributed by atoms with Crippen LogP contribution in [-0.2, 0) is 0 Å². The zero-order chi connectivity index (χ0) is 12.8. The standard InChI is InChI=1S/C16H26N2/c1-14-7-6-8-15(13-14)16(17)9-12-18-10-4-2-3-5-11-18/h6-8,13,16H,2-5,9-12,17H2,1H3. The van der Waals surface area contributed by atoms with Crippen LogP contribution in [0.1, 0.15) is 49.3 Å². The third-order valence-electron chi connectivity index (χ3n) is 3.93. The Morgan fingerprint density at radius 3 is 2.56 bits per heavy atom. The molecule has 0 bridgehead atoms. The van der Waals surface area contributed by atoms with Crippen LogP contribution in [0, 0.1) is 6.92 Å². The number of hydrogen-bond acceptors (Lipinski definition) is 2. The van der Waals surface area contributed by atoms with Crippen molar-refractivity contribution in [3.63, 3.8) is 0 Å². The second-order valence-electron chi connectivity index (χ2n) is 5.57. The van der Waals surface area contributed by atoms with E-state index in [1.54, 1.807) is 0 Å². The summed E-state index contributed by atoms with van der Waals surface area (Å²) in [7, 11) is 0. The molecule has 0 amide bonds. The van der Waals surface area contributed by atoms with E-state index in [0.29, 0.717) is 0 Å². The van der Waals surface area contributed by atoms with Crippen LogP contribution in [0.2, 0.25) is 0 Å². The number of rotatable bonds is 4. The van der Waals surface area contributed by atoms with Gasteiger partial charge in [0.15, 0.2) is 0 Å². The van der Waals surface area contributed by atoms with Crippen molar-refractivity contribution < 1.29 is 0 Å². The fourth-order valence-electron chi connectivity index (χ4n) is 2.75. The van der Waals surface area contributed by atoms with Gasteiger partial charge in [-0.15, -0.1) is 0 Å². The van der Waals surface area contributed by atoms with Crippen molar-refractivity contribution in [2.24, 2.45) is 5.73 Å². The van der Waals surface area contributed by atoms with Gasteiger partial charge in [-0.3, -0.25) is 0 Å². The van der Waals surface area contributed by atoms with E-state index in [9.17, 15) is 0 Å². The average molecular weight is 246 g/mol. The maximum Gasteiger partial charge on any atom is 0.0307 e. The zero-order valence-corrected chi connectivity index (χ0v) is 11.6. The van der Waals surface area contributed by atoms with Gasteiger partial charge in [0.25, 0.3) is 0 Å². The van der Waals surface area contributed by atoms with Gasteiger partial charge < -0.3 is 10.6 Å². The summed E-state index contributed by atoms with van der Waals surface area (Å²) in [6, 6.07) is 8.79. The fourth-order valence-corrected chi connectivity index (χ4v) is 2.75. The summed E-state index contributed by atoms with van der Waals surface area (Å²) >= 11 is 0. The molecule has 1 unspecified atom stereocenters. The van der Waals surface area contributed by atoms with Crippen LogP contribution in [-0.4, -0.2) is 24.5 Å². The summed E-state index contributed by atoms with van der Waals surface area (Å²) in [6.45, 7) is 5.81. The van der Waals surface area contributed by atoms with Crippen molar-refractivity contribution in [1.82, 2.24) is 4.90 Å². The normalized spacial score (nSPS) is 19.4. The molecule has 18 heavy (non-hydrogen) atoms. The molecule has 1 aromatic rings.